The topological polar surface area (TPSA) is 89.0 Å². The minimum absolute atomic E-state index is 0.0682. The van der Waals surface area contributed by atoms with Crippen molar-refractivity contribution in [2.45, 2.75) is 40.3 Å². The molecule has 1 unspecified atom stereocenters. The van der Waals surface area contributed by atoms with E-state index in [1.165, 1.54) is 0 Å². The predicted molar refractivity (Wildman–Crippen MR) is 109 cm³/mol. The van der Waals surface area contributed by atoms with E-state index in [4.69, 9.17) is 4.74 Å². The third-order valence-corrected chi connectivity index (χ3v) is 5.05. The summed E-state index contributed by atoms with van der Waals surface area (Å²) in [5, 5.41) is 3.69. The molecule has 0 aliphatic heterocycles. The van der Waals surface area contributed by atoms with Crippen molar-refractivity contribution in [2.75, 3.05) is 13.7 Å². The highest BCUT2D eigenvalue weighted by molar-refractivity contribution is 6.08. The van der Waals surface area contributed by atoms with Gasteiger partial charge in [-0.05, 0) is 45.4 Å². The maximum absolute atomic E-state index is 13.0. The van der Waals surface area contributed by atoms with Crippen molar-refractivity contribution >= 4 is 16.8 Å². The molecule has 1 amide bonds. The van der Waals surface area contributed by atoms with Gasteiger partial charge in [0.25, 0.3) is 11.5 Å². The molecule has 0 spiro atoms. The van der Waals surface area contributed by atoms with E-state index in [2.05, 4.69) is 19.9 Å². The maximum Gasteiger partial charge on any atom is 0.254 e. The normalized spacial score (nSPS) is 12.3. The van der Waals surface area contributed by atoms with Crippen molar-refractivity contribution < 1.29 is 9.53 Å². The maximum atomic E-state index is 13.0. The molecule has 0 saturated heterocycles. The van der Waals surface area contributed by atoms with Crippen molar-refractivity contribution in [3.05, 3.63) is 63.0 Å². The average Bonchev–Trinajstić information content (AvgIpc) is 2.92. The van der Waals surface area contributed by atoms with Crippen LogP contribution in [0.3, 0.4) is 0 Å². The molecule has 0 bridgehead atoms. The van der Waals surface area contributed by atoms with Gasteiger partial charge in [0.1, 0.15) is 0 Å². The third-order valence-electron chi connectivity index (χ3n) is 5.05. The lowest BCUT2D eigenvalue weighted by atomic mass is 10.1. The Labute approximate surface area is 163 Å². The molecular formula is C21H26N4O3. The molecule has 0 saturated carbocycles. The Bertz CT molecular complexity index is 1080. The molecule has 28 heavy (non-hydrogen) atoms. The molecule has 0 aromatic carbocycles. The van der Waals surface area contributed by atoms with Crippen LogP contribution in [0.5, 0.6) is 0 Å². The van der Waals surface area contributed by atoms with Crippen LogP contribution in [-0.4, -0.2) is 34.2 Å². The van der Waals surface area contributed by atoms with E-state index in [0.717, 1.165) is 27.9 Å². The molecular weight excluding hydrogens is 356 g/mol. The molecule has 3 heterocycles. The first-order chi connectivity index (χ1) is 13.3. The standard InChI is InChI=1S/C21H26N4O3/c1-12-8-13(2)24-20(26)16(12)10-23-21(27)19-15(4)25(14(3)11-28-5)18-6-7-22-9-17(18)19/h6-9,14H,10-11H2,1-5H3,(H,23,27)(H,24,26). The van der Waals surface area contributed by atoms with Crippen LogP contribution in [-0.2, 0) is 11.3 Å². The molecule has 0 aliphatic rings. The molecule has 7 nitrogen and oxygen atoms in total. The molecule has 1 atom stereocenters. The lowest BCUT2D eigenvalue weighted by molar-refractivity contribution is 0.0951. The largest absolute Gasteiger partial charge is 0.383 e. The first kappa shape index (κ1) is 19.8. The van der Waals surface area contributed by atoms with E-state index in [-0.39, 0.29) is 24.1 Å². The summed E-state index contributed by atoms with van der Waals surface area (Å²) in [6.45, 7) is 8.38. The van der Waals surface area contributed by atoms with Gasteiger partial charge in [-0.15, -0.1) is 0 Å². The van der Waals surface area contributed by atoms with Crippen molar-refractivity contribution in [3.63, 3.8) is 0 Å². The number of aromatic nitrogens is 3. The van der Waals surface area contributed by atoms with Gasteiger partial charge in [0.05, 0.1) is 23.7 Å². The Hall–Kier alpha value is -2.93. The Morgan fingerprint density at radius 1 is 1.36 bits per heavy atom. The quantitative estimate of drug-likeness (QED) is 0.686. The lowest BCUT2D eigenvalue weighted by Crippen LogP contribution is -2.28. The zero-order valence-electron chi connectivity index (χ0n) is 16.9. The molecule has 0 aliphatic carbocycles. The monoisotopic (exact) mass is 382 g/mol. The van der Waals surface area contributed by atoms with Crippen LogP contribution in [0.15, 0.2) is 29.3 Å². The van der Waals surface area contributed by atoms with E-state index in [1.54, 1.807) is 19.5 Å². The Morgan fingerprint density at radius 2 is 2.11 bits per heavy atom. The summed E-state index contributed by atoms with van der Waals surface area (Å²) >= 11 is 0. The van der Waals surface area contributed by atoms with Crippen LogP contribution in [0.1, 0.15) is 45.8 Å². The number of nitrogens with zero attached hydrogens (tertiary/aromatic N) is 2. The Morgan fingerprint density at radius 3 is 2.79 bits per heavy atom. The number of methoxy groups -OCH3 is 1. The van der Waals surface area contributed by atoms with Crippen LogP contribution in [0.25, 0.3) is 10.9 Å². The number of H-pyrrole nitrogens is 1. The predicted octanol–water partition coefficient (Wildman–Crippen LogP) is 2.79. The number of carbonyl (C=O) groups excluding carboxylic acids is 1. The second kappa shape index (κ2) is 7.98. The minimum atomic E-state index is -0.224. The van der Waals surface area contributed by atoms with Crippen molar-refractivity contribution in [1.29, 1.82) is 0 Å². The van der Waals surface area contributed by atoms with Gasteiger partial charge in [-0.3, -0.25) is 14.6 Å². The number of rotatable bonds is 6. The summed E-state index contributed by atoms with van der Waals surface area (Å²) in [6.07, 6.45) is 3.42. The van der Waals surface area contributed by atoms with E-state index >= 15 is 0 Å². The fourth-order valence-corrected chi connectivity index (χ4v) is 3.81. The van der Waals surface area contributed by atoms with E-state index in [1.807, 2.05) is 39.8 Å². The van der Waals surface area contributed by atoms with Crippen LogP contribution < -0.4 is 10.9 Å². The summed E-state index contributed by atoms with van der Waals surface area (Å²) in [6, 6.07) is 3.87. The van der Waals surface area contributed by atoms with Gasteiger partial charge in [-0.1, -0.05) is 0 Å². The first-order valence-electron chi connectivity index (χ1n) is 9.26. The highest BCUT2D eigenvalue weighted by Gasteiger charge is 2.22. The number of aromatic amines is 1. The lowest BCUT2D eigenvalue weighted by Gasteiger charge is -2.16. The smallest absolute Gasteiger partial charge is 0.254 e. The summed E-state index contributed by atoms with van der Waals surface area (Å²) in [7, 11) is 1.66. The second-order valence-corrected chi connectivity index (χ2v) is 7.15. The molecule has 2 N–H and O–H groups in total. The molecule has 0 radical (unpaired) electrons. The van der Waals surface area contributed by atoms with Crippen molar-refractivity contribution in [2.24, 2.45) is 0 Å². The number of fused-ring (bicyclic) bond motifs is 1. The van der Waals surface area contributed by atoms with Gasteiger partial charge in [0.2, 0.25) is 0 Å². The SMILES string of the molecule is COCC(C)n1c(C)c(C(=O)NCc2c(C)cc(C)[nH]c2=O)c2cnccc21. The molecule has 3 aromatic heterocycles. The number of carbonyl (C=O) groups is 1. The van der Waals surface area contributed by atoms with Crippen LogP contribution in [0, 0.1) is 20.8 Å². The molecule has 7 heteroatoms. The molecule has 148 valence electrons. The number of ether oxygens (including phenoxy) is 1. The van der Waals surface area contributed by atoms with Gasteiger partial charge >= 0.3 is 0 Å². The Kier molecular flexibility index (Phi) is 5.65. The second-order valence-electron chi connectivity index (χ2n) is 7.15. The van der Waals surface area contributed by atoms with Gasteiger partial charge in [-0.25, -0.2) is 0 Å². The summed E-state index contributed by atoms with van der Waals surface area (Å²) in [5.74, 6) is -0.224. The molecule has 0 fully saturated rings. The summed E-state index contributed by atoms with van der Waals surface area (Å²) in [5.41, 5.74) is 4.41. The van der Waals surface area contributed by atoms with Crippen molar-refractivity contribution in [1.82, 2.24) is 19.9 Å². The van der Waals surface area contributed by atoms with E-state index < -0.39 is 0 Å². The number of hydrogen-bond donors (Lipinski definition) is 2. The number of amides is 1. The fourth-order valence-electron chi connectivity index (χ4n) is 3.81. The van der Waals surface area contributed by atoms with Crippen LogP contribution in [0.2, 0.25) is 0 Å². The third kappa shape index (κ3) is 3.57. The number of hydrogen-bond acceptors (Lipinski definition) is 4. The number of aryl methyl sites for hydroxylation is 2. The highest BCUT2D eigenvalue weighted by Crippen LogP contribution is 2.28. The average molecular weight is 382 g/mol. The van der Waals surface area contributed by atoms with Gasteiger partial charge in [0.15, 0.2) is 0 Å². The zero-order valence-corrected chi connectivity index (χ0v) is 16.9. The van der Waals surface area contributed by atoms with Crippen molar-refractivity contribution in [3.8, 4) is 0 Å². The van der Waals surface area contributed by atoms with E-state index in [9.17, 15) is 9.59 Å². The van der Waals surface area contributed by atoms with Crippen LogP contribution in [0.4, 0.5) is 0 Å². The van der Waals surface area contributed by atoms with Gasteiger partial charge in [-0.2, -0.15) is 0 Å². The Balaban J connectivity index is 1.97. The van der Waals surface area contributed by atoms with Gasteiger partial charge in [0, 0.05) is 48.4 Å². The van der Waals surface area contributed by atoms with Gasteiger partial charge < -0.3 is 19.6 Å². The summed E-state index contributed by atoms with van der Waals surface area (Å²) in [4.78, 5) is 32.2. The van der Waals surface area contributed by atoms with Crippen LogP contribution >= 0.6 is 0 Å². The fraction of sp³-hybridized carbons (Fsp3) is 0.381. The number of nitrogens with one attached hydrogen (secondary N) is 2. The van der Waals surface area contributed by atoms with E-state index in [0.29, 0.717) is 17.7 Å². The highest BCUT2D eigenvalue weighted by atomic mass is 16.5. The number of pyridine rings is 2. The first-order valence-corrected chi connectivity index (χ1v) is 9.26. The molecule has 3 aromatic rings. The molecule has 3 rings (SSSR count). The zero-order chi connectivity index (χ0) is 20.4. The minimum Gasteiger partial charge on any atom is -0.383 e. The summed E-state index contributed by atoms with van der Waals surface area (Å²) < 4.78 is 7.39.